The van der Waals surface area contributed by atoms with Gasteiger partial charge in [0.2, 0.25) is 0 Å². The van der Waals surface area contributed by atoms with Gasteiger partial charge in [0.25, 0.3) is 0 Å². The Hall–Kier alpha value is -1.20. The van der Waals surface area contributed by atoms with E-state index in [1.807, 2.05) is 24.5 Å². The zero-order chi connectivity index (χ0) is 11.4. The van der Waals surface area contributed by atoms with Gasteiger partial charge < -0.3 is 5.73 Å². The van der Waals surface area contributed by atoms with E-state index in [-0.39, 0.29) is 0 Å². The van der Waals surface area contributed by atoms with E-state index < -0.39 is 0 Å². The Kier molecular flexibility index (Phi) is 3.69. The van der Waals surface area contributed by atoms with Crippen LogP contribution in [0.15, 0.2) is 35.2 Å². The molecular formula is C11H13BrN4. The number of hydrogen-bond acceptors (Lipinski definition) is 3. The summed E-state index contributed by atoms with van der Waals surface area (Å²) < 4.78 is 2.74. The van der Waals surface area contributed by atoms with Gasteiger partial charge in [-0.2, -0.15) is 5.10 Å². The van der Waals surface area contributed by atoms with E-state index in [9.17, 15) is 0 Å². The van der Waals surface area contributed by atoms with Crippen LogP contribution < -0.4 is 5.73 Å². The van der Waals surface area contributed by atoms with Crippen LogP contribution in [-0.4, -0.2) is 21.3 Å². The standard InChI is InChI=1S/C11H13BrN4/c12-10-3-4-11(14-7-10)16-8-9(6-15-16)2-1-5-13/h3-4,6-8H,1-2,5,13H2. The van der Waals surface area contributed by atoms with Crippen LogP contribution in [-0.2, 0) is 6.42 Å². The van der Waals surface area contributed by atoms with Crippen molar-refractivity contribution >= 4 is 15.9 Å². The van der Waals surface area contributed by atoms with E-state index in [0.29, 0.717) is 6.54 Å². The summed E-state index contributed by atoms with van der Waals surface area (Å²) in [6.07, 6.45) is 7.56. The predicted octanol–water partition coefficient (Wildman–Crippen LogP) is 1.92. The van der Waals surface area contributed by atoms with Crippen LogP contribution in [0.1, 0.15) is 12.0 Å². The Morgan fingerprint density at radius 1 is 1.31 bits per heavy atom. The summed E-state index contributed by atoms with van der Waals surface area (Å²) in [5.41, 5.74) is 6.66. The van der Waals surface area contributed by atoms with Gasteiger partial charge in [-0.25, -0.2) is 9.67 Å². The molecular weight excluding hydrogens is 268 g/mol. The van der Waals surface area contributed by atoms with Crippen molar-refractivity contribution in [3.05, 3.63) is 40.8 Å². The first kappa shape index (κ1) is 11.3. The third kappa shape index (κ3) is 2.68. The molecule has 0 aliphatic heterocycles. The van der Waals surface area contributed by atoms with Crippen molar-refractivity contribution in [2.75, 3.05) is 6.54 Å². The van der Waals surface area contributed by atoms with E-state index >= 15 is 0 Å². The smallest absolute Gasteiger partial charge is 0.153 e. The fourth-order valence-corrected chi connectivity index (χ4v) is 1.66. The molecule has 0 aliphatic rings. The number of aryl methyl sites for hydroxylation is 1. The molecule has 5 heteroatoms. The molecule has 4 nitrogen and oxygen atoms in total. The molecule has 0 atom stereocenters. The third-order valence-corrected chi connectivity index (χ3v) is 2.72. The van der Waals surface area contributed by atoms with Crippen LogP contribution >= 0.6 is 15.9 Å². The topological polar surface area (TPSA) is 56.7 Å². The zero-order valence-corrected chi connectivity index (χ0v) is 10.4. The molecule has 16 heavy (non-hydrogen) atoms. The van der Waals surface area contributed by atoms with E-state index in [1.54, 1.807) is 10.9 Å². The lowest BCUT2D eigenvalue weighted by Crippen LogP contribution is -2.00. The highest BCUT2D eigenvalue weighted by Gasteiger charge is 2.01. The first-order valence-corrected chi connectivity index (χ1v) is 5.94. The van der Waals surface area contributed by atoms with Crippen molar-refractivity contribution in [2.24, 2.45) is 5.73 Å². The maximum atomic E-state index is 5.47. The van der Waals surface area contributed by atoms with Crippen molar-refractivity contribution < 1.29 is 0 Å². The van der Waals surface area contributed by atoms with Crippen LogP contribution in [0.4, 0.5) is 0 Å². The molecule has 0 aromatic carbocycles. The summed E-state index contributed by atoms with van der Waals surface area (Å²) in [6, 6.07) is 3.87. The highest BCUT2D eigenvalue weighted by molar-refractivity contribution is 9.10. The van der Waals surface area contributed by atoms with Gasteiger partial charge in [-0.15, -0.1) is 0 Å². The zero-order valence-electron chi connectivity index (χ0n) is 8.81. The van der Waals surface area contributed by atoms with Gasteiger partial charge in [0, 0.05) is 16.9 Å². The summed E-state index contributed by atoms with van der Waals surface area (Å²) in [6.45, 7) is 0.710. The average molecular weight is 281 g/mol. The normalized spacial score (nSPS) is 10.6. The van der Waals surface area contributed by atoms with E-state index in [2.05, 4.69) is 26.0 Å². The number of rotatable bonds is 4. The number of nitrogens with two attached hydrogens (primary N) is 1. The second-order valence-corrected chi connectivity index (χ2v) is 4.44. The van der Waals surface area contributed by atoms with Crippen molar-refractivity contribution in [3.8, 4) is 5.82 Å². The number of hydrogen-bond donors (Lipinski definition) is 1. The molecule has 0 fully saturated rings. The molecule has 0 unspecified atom stereocenters. The van der Waals surface area contributed by atoms with Gasteiger partial charge in [0.1, 0.15) is 0 Å². The van der Waals surface area contributed by atoms with Crippen molar-refractivity contribution in [1.82, 2.24) is 14.8 Å². The van der Waals surface area contributed by atoms with Crippen molar-refractivity contribution in [1.29, 1.82) is 0 Å². The molecule has 0 amide bonds. The number of halogens is 1. The van der Waals surface area contributed by atoms with Gasteiger partial charge in [-0.1, -0.05) is 0 Å². The van der Waals surface area contributed by atoms with Gasteiger partial charge in [0.05, 0.1) is 6.20 Å². The minimum absolute atomic E-state index is 0.710. The highest BCUT2D eigenvalue weighted by atomic mass is 79.9. The van der Waals surface area contributed by atoms with Gasteiger partial charge in [-0.3, -0.25) is 0 Å². The SMILES string of the molecule is NCCCc1cnn(-c2ccc(Br)cn2)c1. The quantitative estimate of drug-likeness (QED) is 0.931. The lowest BCUT2D eigenvalue weighted by atomic mass is 10.2. The fourth-order valence-electron chi connectivity index (χ4n) is 1.42. The molecule has 2 aromatic rings. The van der Waals surface area contributed by atoms with Gasteiger partial charge in [-0.05, 0) is 53.0 Å². The summed E-state index contributed by atoms with van der Waals surface area (Å²) in [5.74, 6) is 0.821. The molecule has 84 valence electrons. The van der Waals surface area contributed by atoms with Crippen molar-refractivity contribution in [3.63, 3.8) is 0 Å². The second-order valence-electron chi connectivity index (χ2n) is 3.52. The molecule has 0 bridgehead atoms. The highest BCUT2D eigenvalue weighted by Crippen LogP contribution is 2.11. The lowest BCUT2D eigenvalue weighted by molar-refractivity contribution is 0.827. The first-order valence-electron chi connectivity index (χ1n) is 5.15. The molecule has 2 heterocycles. The molecule has 2 N–H and O–H groups in total. The first-order chi connectivity index (χ1) is 7.79. The minimum Gasteiger partial charge on any atom is -0.330 e. The van der Waals surface area contributed by atoms with Crippen LogP contribution in [0.2, 0.25) is 0 Å². The number of aromatic nitrogens is 3. The van der Waals surface area contributed by atoms with E-state index in [0.717, 1.165) is 23.1 Å². The molecule has 0 saturated heterocycles. The van der Waals surface area contributed by atoms with Crippen LogP contribution in [0.5, 0.6) is 0 Å². The van der Waals surface area contributed by atoms with E-state index in [4.69, 9.17) is 5.73 Å². The Morgan fingerprint density at radius 3 is 2.88 bits per heavy atom. The maximum absolute atomic E-state index is 5.47. The molecule has 0 aliphatic carbocycles. The average Bonchev–Trinajstić information content (AvgIpc) is 2.76. The Labute approximate surface area is 103 Å². The molecule has 0 saturated carbocycles. The Balaban J connectivity index is 2.15. The largest absolute Gasteiger partial charge is 0.330 e. The lowest BCUT2D eigenvalue weighted by Gasteiger charge is -1.99. The second kappa shape index (κ2) is 5.23. The molecule has 2 rings (SSSR count). The summed E-state index contributed by atoms with van der Waals surface area (Å²) >= 11 is 3.35. The van der Waals surface area contributed by atoms with E-state index in [1.165, 1.54) is 5.56 Å². The molecule has 0 radical (unpaired) electrons. The predicted molar refractivity (Wildman–Crippen MR) is 66.4 cm³/mol. The molecule has 0 spiro atoms. The van der Waals surface area contributed by atoms with Crippen LogP contribution in [0.3, 0.4) is 0 Å². The third-order valence-electron chi connectivity index (χ3n) is 2.25. The summed E-state index contributed by atoms with van der Waals surface area (Å²) in [4.78, 5) is 4.27. The number of pyridine rings is 1. The van der Waals surface area contributed by atoms with Crippen molar-refractivity contribution in [2.45, 2.75) is 12.8 Å². The Morgan fingerprint density at radius 2 is 2.19 bits per heavy atom. The summed E-state index contributed by atoms with van der Waals surface area (Å²) in [5, 5.41) is 4.27. The van der Waals surface area contributed by atoms with Gasteiger partial charge in [0.15, 0.2) is 5.82 Å². The van der Waals surface area contributed by atoms with Crippen LogP contribution in [0.25, 0.3) is 5.82 Å². The minimum atomic E-state index is 0.710. The van der Waals surface area contributed by atoms with Crippen LogP contribution in [0, 0.1) is 0 Å². The Bertz CT molecular complexity index is 449. The number of nitrogens with zero attached hydrogens (tertiary/aromatic N) is 3. The van der Waals surface area contributed by atoms with Gasteiger partial charge >= 0.3 is 0 Å². The molecule has 2 aromatic heterocycles. The fraction of sp³-hybridized carbons (Fsp3) is 0.273. The monoisotopic (exact) mass is 280 g/mol. The summed E-state index contributed by atoms with van der Waals surface area (Å²) in [7, 11) is 0. The maximum Gasteiger partial charge on any atom is 0.153 e.